The Morgan fingerprint density at radius 1 is 1.22 bits per heavy atom. The maximum absolute atomic E-state index is 12.1. The molecule has 2 aromatic carbocycles. The first-order valence-corrected chi connectivity index (χ1v) is 8.07. The molecule has 0 aliphatic rings. The highest BCUT2D eigenvalue weighted by molar-refractivity contribution is 9.10. The van der Waals surface area contributed by atoms with Gasteiger partial charge in [-0.1, -0.05) is 39.7 Å². The Morgan fingerprint density at radius 2 is 1.96 bits per heavy atom. The van der Waals surface area contributed by atoms with Crippen molar-refractivity contribution in [3.63, 3.8) is 0 Å². The van der Waals surface area contributed by atoms with Gasteiger partial charge < -0.3 is 10.1 Å². The highest BCUT2D eigenvalue weighted by Gasteiger charge is 2.21. The van der Waals surface area contributed by atoms with Crippen molar-refractivity contribution in [2.75, 3.05) is 5.32 Å². The molecule has 0 aromatic heterocycles. The fourth-order valence-electron chi connectivity index (χ4n) is 1.90. The number of halogens is 2. The summed E-state index contributed by atoms with van der Waals surface area (Å²) in [6, 6.07) is 12.2. The molecule has 23 heavy (non-hydrogen) atoms. The van der Waals surface area contributed by atoms with E-state index in [-0.39, 0.29) is 10.6 Å². The topological polar surface area (TPSA) is 55.4 Å². The van der Waals surface area contributed by atoms with Crippen molar-refractivity contribution in [1.82, 2.24) is 0 Å². The van der Waals surface area contributed by atoms with Crippen molar-refractivity contribution >= 4 is 45.1 Å². The first-order chi connectivity index (χ1) is 10.9. The van der Waals surface area contributed by atoms with Crippen LogP contribution in [0.4, 0.5) is 5.69 Å². The van der Waals surface area contributed by atoms with E-state index in [1.165, 1.54) is 6.92 Å². The summed E-state index contributed by atoms with van der Waals surface area (Å²) < 4.78 is 5.88. The zero-order valence-corrected chi connectivity index (χ0v) is 14.9. The Labute approximate surface area is 147 Å². The van der Waals surface area contributed by atoms with Gasteiger partial charge in [-0.2, -0.15) is 0 Å². The molecule has 6 heteroatoms. The van der Waals surface area contributed by atoms with E-state index in [9.17, 15) is 9.59 Å². The summed E-state index contributed by atoms with van der Waals surface area (Å²) in [5, 5.41) is 2.97. The molecule has 0 bridgehead atoms. The molecule has 0 saturated heterocycles. The quantitative estimate of drug-likeness (QED) is 0.769. The highest BCUT2D eigenvalue weighted by Crippen LogP contribution is 2.22. The van der Waals surface area contributed by atoms with Crippen molar-refractivity contribution in [3.05, 3.63) is 63.1 Å². The van der Waals surface area contributed by atoms with Crippen LogP contribution < -0.4 is 5.32 Å². The summed E-state index contributed by atoms with van der Waals surface area (Å²) in [5.74, 6) is -1.06. The number of amides is 1. The van der Waals surface area contributed by atoms with Gasteiger partial charge >= 0.3 is 5.97 Å². The molecule has 0 aliphatic heterocycles. The molecule has 0 spiro atoms. The first-order valence-electron chi connectivity index (χ1n) is 6.90. The van der Waals surface area contributed by atoms with E-state index >= 15 is 0 Å². The summed E-state index contributed by atoms with van der Waals surface area (Å²) in [4.78, 5) is 24.2. The van der Waals surface area contributed by atoms with Crippen LogP contribution in [0.25, 0.3) is 0 Å². The van der Waals surface area contributed by atoms with Crippen molar-refractivity contribution in [3.8, 4) is 0 Å². The summed E-state index contributed by atoms with van der Waals surface area (Å²) in [6.45, 7) is 3.43. The fourth-order valence-corrected chi connectivity index (χ4v) is 2.45. The van der Waals surface area contributed by atoms with Gasteiger partial charge in [0.25, 0.3) is 5.91 Å². The average Bonchev–Trinajstić information content (AvgIpc) is 2.49. The van der Waals surface area contributed by atoms with Gasteiger partial charge in [-0.15, -0.1) is 0 Å². The Kier molecular flexibility index (Phi) is 5.80. The molecular weight excluding hydrogens is 382 g/mol. The van der Waals surface area contributed by atoms with E-state index in [4.69, 9.17) is 16.3 Å². The van der Waals surface area contributed by atoms with Crippen molar-refractivity contribution in [1.29, 1.82) is 0 Å². The van der Waals surface area contributed by atoms with Gasteiger partial charge in [0.2, 0.25) is 0 Å². The second kappa shape index (κ2) is 7.62. The number of aryl methyl sites for hydroxylation is 1. The molecule has 0 heterocycles. The number of carbonyl (C=O) groups is 2. The zero-order valence-electron chi connectivity index (χ0n) is 12.6. The molecule has 0 saturated carbocycles. The lowest BCUT2D eigenvalue weighted by molar-refractivity contribution is -0.123. The Bertz CT molecular complexity index is 748. The fraction of sp³-hybridized carbons (Fsp3) is 0.176. The Balaban J connectivity index is 2.03. The third kappa shape index (κ3) is 4.81. The molecule has 1 N–H and O–H groups in total. The van der Waals surface area contributed by atoms with Crippen LogP contribution in [0, 0.1) is 6.92 Å². The first kappa shape index (κ1) is 17.5. The molecular formula is C17H15BrClNO3. The zero-order chi connectivity index (χ0) is 17.0. The minimum Gasteiger partial charge on any atom is -0.449 e. The largest absolute Gasteiger partial charge is 0.449 e. The number of rotatable bonds is 4. The van der Waals surface area contributed by atoms with Gasteiger partial charge in [0.1, 0.15) is 0 Å². The molecule has 0 unspecified atom stereocenters. The van der Waals surface area contributed by atoms with Gasteiger partial charge in [-0.3, -0.25) is 4.79 Å². The minimum atomic E-state index is -0.946. The van der Waals surface area contributed by atoms with Crippen molar-refractivity contribution in [2.24, 2.45) is 0 Å². The number of ether oxygens (including phenoxy) is 1. The van der Waals surface area contributed by atoms with E-state index in [1.54, 1.807) is 24.3 Å². The molecule has 1 amide bonds. The normalized spacial score (nSPS) is 11.7. The predicted molar refractivity (Wildman–Crippen MR) is 93.8 cm³/mol. The second-order valence-corrected chi connectivity index (χ2v) is 6.35. The number of benzene rings is 2. The molecule has 0 fully saturated rings. The van der Waals surface area contributed by atoms with E-state index in [0.29, 0.717) is 10.2 Å². The molecule has 2 rings (SSSR count). The van der Waals surface area contributed by atoms with Crippen LogP contribution in [0.3, 0.4) is 0 Å². The number of esters is 1. The highest BCUT2D eigenvalue weighted by atomic mass is 79.9. The predicted octanol–water partition coefficient (Wildman–Crippen LogP) is 4.59. The number of carbonyl (C=O) groups excluding carboxylic acids is 2. The van der Waals surface area contributed by atoms with E-state index in [2.05, 4.69) is 21.2 Å². The number of hydrogen-bond acceptors (Lipinski definition) is 3. The SMILES string of the molecule is Cc1cccc(NC(=O)[C@@H](C)OC(=O)c2cc(Br)ccc2Cl)c1. The lowest BCUT2D eigenvalue weighted by Crippen LogP contribution is -2.30. The second-order valence-electron chi connectivity index (χ2n) is 5.03. The Morgan fingerprint density at radius 3 is 2.65 bits per heavy atom. The molecule has 0 radical (unpaired) electrons. The van der Waals surface area contributed by atoms with E-state index < -0.39 is 18.0 Å². The lowest BCUT2D eigenvalue weighted by atomic mass is 10.2. The van der Waals surface area contributed by atoms with Crippen molar-refractivity contribution < 1.29 is 14.3 Å². The van der Waals surface area contributed by atoms with E-state index in [0.717, 1.165) is 5.56 Å². The molecule has 2 aromatic rings. The third-order valence-electron chi connectivity index (χ3n) is 3.09. The van der Waals surface area contributed by atoms with Crippen LogP contribution >= 0.6 is 27.5 Å². The molecule has 1 atom stereocenters. The monoisotopic (exact) mass is 395 g/mol. The maximum Gasteiger partial charge on any atom is 0.340 e. The van der Waals surface area contributed by atoms with Gasteiger partial charge in [0.15, 0.2) is 6.10 Å². The standard InChI is InChI=1S/C17H15BrClNO3/c1-10-4-3-5-13(8-10)20-16(21)11(2)23-17(22)14-9-12(18)6-7-15(14)19/h3-9,11H,1-2H3,(H,20,21)/t11-/m1/s1. The van der Waals surface area contributed by atoms with Crippen molar-refractivity contribution in [2.45, 2.75) is 20.0 Å². The maximum atomic E-state index is 12.1. The van der Waals surface area contributed by atoms with Gasteiger partial charge in [0, 0.05) is 10.2 Å². The number of anilines is 1. The van der Waals surface area contributed by atoms with Crippen LogP contribution in [0.1, 0.15) is 22.8 Å². The molecule has 120 valence electrons. The summed E-state index contributed by atoms with van der Waals surface area (Å²) in [7, 11) is 0. The molecule has 4 nitrogen and oxygen atoms in total. The average molecular weight is 397 g/mol. The van der Waals surface area contributed by atoms with Crippen LogP contribution in [-0.4, -0.2) is 18.0 Å². The van der Waals surface area contributed by atoms with Crippen LogP contribution in [0.15, 0.2) is 46.9 Å². The summed E-state index contributed by atoms with van der Waals surface area (Å²) in [5.41, 5.74) is 1.88. The van der Waals surface area contributed by atoms with Crippen LogP contribution in [0.5, 0.6) is 0 Å². The van der Waals surface area contributed by atoms with Crippen LogP contribution in [0.2, 0.25) is 5.02 Å². The van der Waals surface area contributed by atoms with Gasteiger partial charge in [-0.05, 0) is 49.7 Å². The Hall–Kier alpha value is -1.85. The minimum absolute atomic E-state index is 0.205. The third-order valence-corrected chi connectivity index (χ3v) is 3.91. The van der Waals surface area contributed by atoms with Crippen LogP contribution in [-0.2, 0) is 9.53 Å². The lowest BCUT2D eigenvalue weighted by Gasteiger charge is -2.14. The number of nitrogens with one attached hydrogen (secondary N) is 1. The van der Waals surface area contributed by atoms with E-state index in [1.807, 2.05) is 25.1 Å². The summed E-state index contributed by atoms with van der Waals surface area (Å²) in [6.07, 6.45) is -0.946. The van der Waals surface area contributed by atoms with Gasteiger partial charge in [-0.25, -0.2) is 4.79 Å². The summed E-state index contributed by atoms with van der Waals surface area (Å²) >= 11 is 9.24. The molecule has 0 aliphatic carbocycles. The number of hydrogen-bond donors (Lipinski definition) is 1. The van der Waals surface area contributed by atoms with Gasteiger partial charge in [0.05, 0.1) is 10.6 Å². The smallest absolute Gasteiger partial charge is 0.340 e.